The summed E-state index contributed by atoms with van der Waals surface area (Å²) in [5.74, 6) is -1.31. The van der Waals surface area contributed by atoms with Gasteiger partial charge < -0.3 is 19.7 Å². The van der Waals surface area contributed by atoms with Gasteiger partial charge in [0.25, 0.3) is 5.91 Å². The molecule has 3 N–H and O–H groups in total. The highest BCUT2D eigenvalue weighted by molar-refractivity contribution is 5.91. The molecule has 1 aliphatic heterocycles. The lowest BCUT2D eigenvalue weighted by Crippen LogP contribution is -2.37. The number of amides is 1. The van der Waals surface area contributed by atoms with Gasteiger partial charge in [0.15, 0.2) is 11.6 Å². The van der Waals surface area contributed by atoms with Gasteiger partial charge in [-0.05, 0) is 18.6 Å². The molecular formula is C22H20F3N7O3. The average Bonchev–Trinajstić information content (AvgIpc) is 3.59. The van der Waals surface area contributed by atoms with Gasteiger partial charge >= 0.3 is 12.1 Å². The molecule has 4 heterocycles. The number of hydrogen-bond donors (Lipinski definition) is 3. The summed E-state index contributed by atoms with van der Waals surface area (Å²) in [6, 6.07) is 13.7. The number of carbonyl (C=O) groups is 2. The van der Waals surface area contributed by atoms with Crippen LogP contribution in [0.25, 0.3) is 16.9 Å². The molecule has 10 nitrogen and oxygen atoms in total. The van der Waals surface area contributed by atoms with Crippen LogP contribution in [-0.4, -0.2) is 66.9 Å². The van der Waals surface area contributed by atoms with E-state index in [1.807, 2.05) is 59.3 Å². The van der Waals surface area contributed by atoms with Crippen LogP contribution in [-0.2, 0) is 4.79 Å². The molecule has 3 aromatic heterocycles. The van der Waals surface area contributed by atoms with Crippen molar-refractivity contribution < 1.29 is 27.9 Å². The summed E-state index contributed by atoms with van der Waals surface area (Å²) in [5, 5.41) is 17.1. The molecule has 13 heteroatoms. The summed E-state index contributed by atoms with van der Waals surface area (Å²) in [6.45, 7) is 1.55. The second kappa shape index (κ2) is 9.83. The number of rotatable bonds is 4. The highest BCUT2D eigenvalue weighted by atomic mass is 19.4. The third kappa shape index (κ3) is 5.57. The van der Waals surface area contributed by atoms with Crippen molar-refractivity contribution >= 4 is 23.2 Å². The molecule has 1 aromatic carbocycles. The van der Waals surface area contributed by atoms with Crippen molar-refractivity contribution in [2.24, 2.45) is 0 Å². The lowest BCUT2D eigenvalue weighted by atomic mass is 10.2. The number of carbonyl (C=O) groups excluding carboxylic acids is 1. The maximum Gasteiger partial charge on any atom is 0.490 e. The first kappa shape index (κ1) is 23.7. The molecular weight excluding hydrogens is 467 g/mol. The molecule has 1 fully saturated rings. The average molecular weight is 487 g/mol. The highest BCUT2D eigenvalue weighted by Gasteiger charge is 2.38. The Morgan fingerprint density at radius 1 is 1.11 bits per heavy atom. The van der Waals surface area contributed by atoms with E-state index in [0.717, 1.165) is 29.9 Å². The van der Waals surface area contributed by atoms with E-state index in [2.05, 4.69) is 30.4 Å². The Bertz CT molecular complexity index is 1320. The molecule has 0 bridgehead atoms. The van der Waals surface area contributed by atoms with Crippen LogP contribution in [0, 0.1) is 0 Å². The summed E-state index contributed by atoms with van der Waals surface area (Å²) in [7, 11) is 0. The number of nitrogens with zero attached hydrogens (tertiary/aromatic N) is 5. The minimum Gasteiger partial charge on any atom is -0.475 e. The number of hydrogen-bond acceptors (Lipinski definition) is 6. The lowest BCUT2D eigenvalue weighted by molar-refractivity contribution is -0.192. The number of benzene rings is 1. The standard InChI is InChI=1S/C20H19N7O.C2HF3O2/c28-20(18-23-17(24-25-18)14-5-2-1-3-6-14)22-15-8-11-27(13-15)19-16-7-4-10-26(16)12-9-21-19;3-2(4,5)1(6)7/h1-7,9-10,12,15H,8,11,13H2,(H,22,28)(H,23,24,25);(H,6,7)/t15-;/m0./s1. The SMILES string of the molecule is O=C(N[C@H]1CCN(c2nccn3cccc23)C1)c1nc(-c2ccccc2)n[nH]1.O=C(O)C(F)(F)F. The number of alkyl halides is 3. The van der Waals surface area contributed by atoms with Gasteiger partial charge in [0, 0.05) is 43.3 Å². The number of nitrogens with one attached hydrogen (secondary N) is 2. The van der Waals surface area contributed by atoms with E-state index in [1.54, 1.807) is 6.20 Å². The van der Waals surface area contributed by atoms with Crippen molar-refractivity contribution in [2.45, 2.75) is 18.6 Å². The summed E-state index contributed by atoms with van der Waals surface area (Å²) in [6.07, 6.45) is 1.51. The predicted octanol–water partition coefficient (Wildman–Crippen LogP) is 2.76. The summed E-state index contributed by atoms with van der Waals surface area (Å²) < 4.78 is 33.8. The van der Waals surface area contributed by atoms with Gasteiger partial charge in [-0.3, -0.25) is 9.89 Å². The molecule has 1 saturated heterocycles. The molecule has 182 valence electrons. The fraction of sp³-hybridized carbons (Fsp3) is 0.227. The first-order valence-corrected chi connectivity index (χ1v) is 10.5. The normalized spacial score (nSPS) is 15.5. The summed E-state index contributed by atoms with van der Waals surface area (Å²) in [4.78, 5) is 32.5. The van der Waals surface area contributed by atoms with Crippen molar-refractivity contribution in [3.8, 4) is 11.4 Å². The van der Waals surface area contributed by atoms with Crippen molar-refractivity contribution in [2.75, 3.05) is 18.0 Å². The number of aromatic amines is 1. The molecule has 1 atom stereocenters. The van der Waals surface area contributed by atoms with Crippen LogP contribution in [0.2, 0.25) is 0 Å². The van der Waals surface area contributed by atoms with Gasteiger partial charge in [0.05, 0.1) is 5.52 Å². The number of aliphatic carboxylic acids is 1. The lowest BCUT2D eigenvalue weighted by Gasteiger charge is -2.18. The number of halogens is 3. The number of H-pyrrole nitrogens is 1. The van der Waals surface area contributed by atoms with Crippen LogP contribution in [0.1, 0.15) is 17.0 Å². The van der Waals surface area contributed by atoms with E-state index in [0.29, 0.717) is 12.4 Å². The van der Waals surface area contributed by atoms with Crippen LogP contribution in [0.15, 0.2) is 61.1 Å². The molecule has 35 heavy (non-hydrogen) atoms. The second-order valence-corrected chi connectivity index (χ2v) is 7.63. The predicted molar refractivity (Wildman–Crippen MR) is 119 cm³/mol. The Labute approximate surface area is 196 Å². The Morgan fingerprint density at radius 2 is 1.86 bits per heavy atom. The molecule has 0 radical (unpaired) electrons. The van der Waals surface area contributed by atoms with Crippen LogP contribution in [0.5, 0.6) is 0 Å². The zero-order valence-electron chi connectivity index (χ0n) is 18.1. The van der Waals surface area contributed by atoms with Gasteiger partial charge in [-0.1, -0.05) is 30.3 Å². The van der Waals surface area contributed by atoms with Crippen molar-refractivity contribution in [3.05, 3.63) is 66.9 Å². The fourth-order valence-corrected chi connectivity index (χ4v) is 3.60. The zero-order valence-corrected chi connectivity index (χ0v) is 18.1. The van der Waals surface area contributed by atoms with Crippen molar-refractivity contribution in [1.29, 1.82) is 0 Å². The second-order valence-electron chi connectivity index (χ2n) is 7.63. The number of carboxylic acids is 1. The molecule has 0 unspecified atom stereocenters. The smallest absolute Gasteiger partial charge is 0.475 e. The largest absolute Gasteiger partial charge is 0.490 e. The molecule has 0 spiro atoms. The monoisotopic (exact) mass is 487 g/mol. The first-order chi connectivity index (χ1) is 16.7. The molecule has 1 amide bonds. The van der Waals surface area contributed by atoms with E-state index in [9.17, 15) is 18.0 Å². The molecule has 5 rings (SSSR count). The molecule has 0 aliphatic carbocycles. The van der Waals surface area contributed by atoms with Crippen LogP contribution in [0.4, 0.5) is 19.0 Å². The van der Waals surface area contributed by atoms with Crippen molar-refractivity contribution in [1.82, 2.24) is 29.9 Å². The van der Waals surface area contributed by atoms with E-state index in [4.69, 9.17) is 9.90 Å². The van der Waals surface area contributed by atoms with Gasteiger partial charge in [0.2, 0.25) is 5.82 Å². The zero-order chi connectivity index (χ0) is 25.0. The minimum atomic E-state index is -5.08. The minimum absolute atomic E-state index is 0.0368. The Morgan fingerprint density at radius 3 is 2.57 bits per heavy atom. The van der Waals surface area contributed by atoms with Crippen LogP contribution < -0.4 is 10.2 Å². The van der Waals surface area contributed by atoms with Crippen LogP contribution >= 0.6 is 0 Å². The summed E-state index contributed by atoms with van der Waals surface area (Å²) in [5.41, 5.74) is 1.94. The molecule has 4 aromatic rings. The molecule has 1 aliphatic rings. The van der Waals surface area contributed by atoms with E-state index in [-0.39, 0.29) is 17.8 Å². The van der Waals surface area contributed by atoms with Gasteiger partial charge in [-0.2, -0.15) is 18.3 Å². The first-order valence-electron chi connectivity index (χ1n) is 10.5. The third-order valence-corrected chi connectivity index (χ3v) is 5.23. The van der Waals surface area contributed by atoms with Crippen LogP contribution in [0.3, 0.4) is 0 Å². The maximum atomic E-state index is 12.6. The van der Waals surface area contributed by atoms with E-state index in [1.165, 1.54) is 0 Å². The van der Waals surface area contributed by atoms with Gasteiger partial charge in [0.1, 0.15) is 0 Å². The quantitative estimate of drug-likeness (QED) is 0.404. The maximum absolute atomic E-state index is 12.6. The molecule has 0 saturated carbocycles. The Balaban J connectivity index is 0.000000364. The topological polar surface area (TPSA) is 129 Å². The van der Waals surface area contributed by atoms with Gasteiger partial charge in [-0.15, -0.1) is 0 Å². The third-order valence-electron chi connectivity index (χ3n) is 5.23. The summed E-state index contributed by atoms with van der Waals surface area (Å²) >= 11 is 0. The van der Waals surface area contributed by atoms with E-state index < -0.39 is 12.1 Å². The van der Waals surface area contributed by atoms with E-state index >= 15 is 0 Å². The van der Waals surface area contributed by atoms with Gasteiger partial charge in [-0.25, -0.2) is 14.8 Å². The number of carboxylic acid groups (broad SMARTS) is 1. The Kier molecular flexibility index (Phi) is 6.66. The highest BCUT2D eigenvalue weighted by Crippen LogP contribution is 2.23. The number of anilines is 1. The Hall–Kier alpha value is -4.42. The van der Waals surface area contributed by atoms with Crippen molar-refractivity contribution in [3.63, 3.8) is 0 Å². The number of fused-ring (bicyclic) bond motifs is 1. The number of aromatic nitrogens is 5. The fourth-order valence-electron chi connectivity index (χ4n) is 3.60.